The van der Waals surface area contributed by atoms with E-state index in [1.54, 1.807) is 20.8 Å². The first-order valence-corrected chi connectivity index (χ1v) is 6.67. The summed E-state index contributed by atoms with van der Waals surface area (Å²) in [6.07, 6.45) is -0.122. The number of carbonyl (C=O) groups is 2. The molecule has 0 aliphatic carbocycles. The minimum atomic E-state index is -0.685. The molecule has 0 radical (unpaired) electrons. The van der Waals surface area contributed by atoms with E-state index in [1.807, 2.05) is 20.8 Å². The van der Waals surface area contributed by atoms with Crippen molar-refractivity contribution in [1.29, 1.82) is 0 Å². The molecule has 0 aromatic carbocycles. The van der Waals surface area contributed by atoms with Gasteiger partial charge in [-0.1, -0.05) is 20.8 Å². The van der Waals surface area contributed by atoms with Gasteiger partial charge in [-0.05, 0) is 32.6 Å². The molecule has 0 aliphatic rings. The summed E-state index contributed by atoms with van der Waals surface area (Å²) in [7, 11) is 2.91. The molecule has 0 heterocycles. The molecule has 6 nitrogen and oxygen atoms in total. The zero-order chi connectivity index (χ0) is 16.1. The first kappa shape index (κ1) is 18.7. The first-order chi connectivity index (χ1) is 8.85. The van der Waals surface area contributed by atoms with Gasteiger partial charge in [0.2, 0.25) is 0 Å². The van der Waals surface area contributed by atoms with Crippen LogP contribution in [-0.2, 0) is 14.4 Å². The van der Waals surface area contributed by atoms with E-state index in [4.69, 9.17) is 9.57 Å². The molecular formula is C14H28N2O4. The average molecular weight is 288 g/mol. The number of carbonyl (C=O) groups excluding carboxylic acids is 2. The standard InChI is InChI=1S/C14H28N2O4/c1-13(2,3)9-10(11(17)16(7)19-8)15-12(18)20-14(4,5)6/h10H,9H2,1-8H3,(H,15,18). The fourth-order valence-corrected chi connectivity index (χ4v) is 1.57. The van der Waals surface area contributed by atoms with Gasteiger partial charge in [0.25, 0.3) is 5.91 Å². The van der Waals surface area contributed by atoms with Crippen LogP contribution >= 0.6 is 0 Å². The third-order valence-electron chi connectivity index (χ3n) is 2.39. The second kappa shape index (κ2) is 6.92. The van der Waals surface area contributed by atoms with Gasteiger partial charge < -0.3 is 10.1 Å². The monoisotopic (exact) mass is 288 g/mol. The molecule has 0 saturated carbocycles. The van der Waals surface area contributed by atoms with Crippen molar-refractivity contribution in [2.75, 3.05) is 14.2 Å². The Morgan fingerprint density at radius 3 is 2.00 bits per heavy atom. The van der Waals surface area contributed by atoms with Gasteiger partial charge in [-0.3, -0.25) is 9.63 Å². The molecule has 0 spiro atoms. The van der Waals surface area contributed by atoms with Gasteiger partial charge in [0, 0.05) is 7.05 Å². The molecule has 0 rings (SSSR count). The summed E-state index contributed by atoms with van der Waals surface area (Å²) in [6.45, 7) is 11.3. The summed E-state index contributed by atoms with van der Waals surface area (Å²) in [5, 5.41) is 3.72. The normalized spacial score (nSPS) is 13.6. The maximum atomic E-state index is 12.2. The largest absolute Gasteiger partial charge is 0.444 e. The van der Waals surface area contributed by atoms with Gasteiger partial charge in [-0.25, -0.2) is 9.86 Å². The van der Waals surface area contributed by atoms with Crippen LogP contribution in [-0.4, -0.2) is 42.9 Å². The highest BCUT2D eigenvalue weighted by atomic mass is 16.7. The molecule has 1 atom stereocenters. The lowest BCUT2D eigenvalue weighted by molar-refractivity contribution is -0.171. The number of alkyl carbamates (subject to hydrolysis) is 1. The molecule has 0 aromatic rings. The van der Waals surface area contributed by atoms with E-state index >= 15 is 0 Å². The van der Waals surface area contributed by atoms with Crippen LogP contribution in [0.25, 0.3) is 0 Å². The van der Waals surface area contributed by atoms with Crippen molar-refractivity contribution < 1.29 is 19.2 Å². The molecule has 1 unspecified atom stereocenters. The van der Waals surface area contributed by atoms with Gasteiger partial charge in [0.05, 0.1) is 7.11 Å². The molecule has 2 amide bonds. The highest BCUT2D eigenvalue weighted by Gasteiger charge is 2.30. The second-order valence-electron chi connectivity index (χ2n) is 6.98. The Hall–Kier alpha value is -1.30. The van der Waals surface area contributed by atoms with Crippen LogP contribution in [0, 0.1) is 5.41 Å². The quantitative estimate of drug-likeness (QED) is 0.806. The number of hydrogen-bond acceptors (Lipinski definition) is 4. The van der Waals surface area contributed by atoms with Crippen LogP contribution < -0.4 is 5.32 Å². The maximum absolute atomic E-state index is 12.2. The molecule has 20 heavy (non-hydrogen) atoms. The topological polar surface area (TPSA) is 67.9 Å². The third-order valence-corrected chi connectivity index (χ3v) is 2.39. The molecule has 0 aromatic heterocycles. The lowest BCUT2D eigenvalue weighted by atomic mass is 9.88. The average Bonchev–Trinajstić information content (AvgIpc) is 2.21. The Morgan fingerprint density at radius 1 is 1.15 bits per heavy atom. The number of ether oxygens (including phenoxy) is 1. The Morgan fingerprint density at radius 2 is 1.65 bits per heavy atom. The number of hydrogen-bond donors (Lipinski definition) is 1. The minimum Gasteiger partial charge on any atom is -0.444 e. The van der Waals surface area contributed by atoms with E-state index in [-0.39, 0.29) is 11.3 Å². The SMILES string of the molecule is CON(C)C(=O)C(CC(C)(C)C)NC(=O)OC(C)(C)C. The highest BCUT2D eigenvalue weighted by Crippen LogP contribution is 2.22. The fraction of sp³-hybridized carbons (Fsp3) is 0.857. The maximum Gasteiger partial charge on any atom is 0.408 e. The van der Waals surface area contributed by atoms with E-state index in [2.05, 4.69) is 5.32 Å². The molecule has 0 fully saturated rings. The summed E-state index contributed by atoms with van der Waals surface area (Å²) in [4.78, 5) is 28.9. The summed E-state index contributed by atoms with van der Waals surface area (Å²) in [5.74, 6) is -0.312. The summed E-state index contributed by atoms with van der Waals surface area (Å²) >= 11 is 0. The molecule has 0 saturated heterocycles. The second-order valence-corrected chi connectivity index (χ2v) is 6.98. The number of nitrogens with one attached hydrogen (secondary N) is 1. The fourth-order valence-electron chi connectivity index (χ4n) is 1.57. The lowest BCUT2D eigenvalue weighted by Gasteiger charge is -2.29. The predicted octanol–water partition coefficient (Wildman–Crippen LogP) is 2.34. The van der Waals surface area contributed by atoms with E-state index in [0.29, 0.717) is 6.42 Å². The third kappa shape index (κ3) is 7.99. The lowest BCUT2D eigenvalue weighted by Crippen LogP contribution is -2.49. The minimum absolute atomic E-state index is 0.121. The van der Waals surface area contributed by atoms with Gasteiger partial charge in [0.1, 0.15) is 11.6 Å². The number of nitrogens with zero attached hydrogens (tertiary/aromatic N) is 1. The summed E-state index contributed by atoms with van der Waals surface area (Å²) in [6, 6.07) is -0.685. The van der Waals surface area contributed by atoms with Crippen molar-refractivity contribution in [2.24, 2.45) is 5.41 Å². The molecule has 6 heteroatoms. The van der Waals surface area contributed by atoms with E-state index in [9.17, 15) is 9.59 Å². The van der Waals surface area contributed by atoms with Crippen LogP contribution in [0.4, 0.5) is 4.79 Å². The number of likely N-dealkylation sites (N-methyl/N-ethyl adjacent to an activating group) is 1. The Labute approximate surface area is 121 Å². The Bertz CT molecular complexity index is 342. The predicted molar refractivity (Wildman–Crippen MR) is 77.0 cm³/mol. The van der Waals surface area contributed by atoms with Crippen LogP contribution in [0.1, 0.15) is 48.0 Å². The zero-order valence-electron chi connectivity index (χ0n) is 13.9. The molecule has 1 N–H and O–H groups in total. The van der Waals surface area contributed by atoms with Crippen LogP contribution in [0.15, 0.2) is 0 Å². The number of hydroxylamine groups is 2. The van der Waals surface area contributed by atoms with Crippen LogP contribution in [0.3, 0.4) is 0 Å². The van der Waals surface area contributed by atoms with Gasteiger partial charge >= 0.3 is 6.09 Å². The van der Waals surface area contributed by atoms with E-state index in [1.165, 1.54) is 14.2 Å². The van der Waals surface area contributed by atoms with Crippen molar-refractivity contribution in [3.8, 4) is 0 Å². The highest BCUT2D eigenvalue weighted by molar-refractivity contribution is 5.84. The van der Waals surface area contributed by atoms with Crippen molar-refractivity contribution in [1.82, 2.24) is 10.4 Å². The molecular weight excluding hydrogens is 260 g/mol. The van der Waals surface area contributed by atoms with Crippen LogP contribution in [0.2, 0.25) is 0 Å². The molecule has 0 aliphatic heterocycles. The van der Waals surface area contributed by atoms with Crippen molar-refractivity contribution in [3.63, 3.8) is 0 Å². The van der Waals surface area contributed by atoms with Gasteiger partial charge in [0.15, 0.2) is 0 Å². The summed E-state index contributed by atoms with van der Waals surface area (Å²) in [5.41, 5.74) is -0.726. The molecule has 0 bridgehead atoms. The smallest absolute Gasteiger partial charge is 0.408 e. The van der Waals surface area contributed by atoms with Crippen molar-refractivity contribution in [2.45, 2.75) is 59.6 Å². The van der Waals surface area contributed by atoms with Crippen molar-refractivity contribution >= 4 is 12.0 Å². The summed E-state index contributed by atoms with van der Waals surface area (Å²) < 4.78 is 5.18. The zero-order valence-corrected chi connectivity index (χ0v) is 13.9. The first-order valence-electron chi connectivity index (χ1n) is 6.67. The van der Waals surface area contributed by atoms with Crippen LogP contribution in [0.5, 0.6) is 0 Å². The van der Waals surface area contributed by atoms with Gasteiger partial charge in [-0.15, -0.1) is 0 Å². The Balaban J connectivity index is 4.87. The van der Waals surface area contributed by atoms with Crippen molar-refractivity contribution in [3.05, 3.63) is 0 Å². The van der Waals surface area contributed by atoms with E-state index in [0.717, 1.165) is 5.06 Å². The van der Waals surface area contributed by atoms with Gasteiger partial charge in [-0.2, -0.15) is 0 Å². The molecule has 118 valence electrons. The number of amides is 2. The number of rotatable bonds is 4. The van der Waals surface area contributed by atoms with E-state index < -0.39 is 17.7 Å². The Kier molecular flexibility index (Phi) is 6.47.